The van der Waals surface area contributed by atoms with E-state index in [9.17, 15) is 22.0 Å². The molecule has 1 aliphatic heterocycles. The molecule has 2 aromatic carbocycles. The van der Waals surface area contributed by atoms with Crippen LogP contribution in [-0.4, -0.2) is 73.0 Å². The molecule has 0 bridgehead atoms. The number of ether oxygens (including phenoxy) is 1. The van der Waals surface area contributed by atoms with E-state index < -0.39 is 12.1 Å². The number of aliphatic carboxylic acids is 1. The molecule has 0 radical (unpaired) electrons. The average Bonchev–Trinajstić information content (AvgIpc) is 3.57. The number of para-hydroxylation sites is 1. The summed E-state index contributed by atoms with van der Waals surface area (Å²) in [6, 6.07) is 11.0. The molecule has 3 aromatic heterocycles. The molecule has 0 unspecified atom stereocenters. The van der Waals surface area contributed by atoms with Gasteiger partial charge in [0.25, 0.3) is 0 Å². The molecule has 1 aliphatic rings. The number of H-pyrrole nitrogens is 1. The van der Waals surface area contributed by atoms with Crippen molar-refractivity contribution in [2.75, 3.05) is 36.5 Å². The van der Waals surface area contributed by atoms with E-state index in [1.165, 1.54) is 18.2 Å². The lowest BCUT2D eigenvalue weighted by Crippen LogP contribution is -2.37. The smallest absolute Gasteiger partial charge is 0.475 e. The molecule has 11 nitrogen and oxygen atoms in total. The van der Waals surface area contributed by atoms with Crippen molar-refractivity contribution in [2.45, 2.75) is 12.7 Å². The monoisotopic (exact) mass is 576 g/mol. The lowest BCUT2D eigenvalue weighted by Gasteiger charge is -2.27. The highest BCUT2D eigenvalue weighted by molar-refractivity contribution is 5.85. The van der Waals surface area contributed by atoms with Gasteiger partial charge in [-0.25, -0.2) is 23.5 Å². The Morgan fingerprint density at radius 3 is 2.46 bits per heavy atom. The van der Waals surface area contributed by atoms with Gasteiger partial charge in [0, 0.05) is 13.1 Å². The first-order valence-electron chi connectivity index (χ1n) is 12.1. The molecule has 4 heterocycles. The Kier molecular flexibility index (Phi) is 7.65. The number of halogens is 5. The van der Waals surface area contributed by atoms with Gasteiger partial charge in [-0.2, -0.15) is 23.1 Å². The van der Waals surface area contributed by atoms with Gasteiger partial charge in [-0.05, 0) is 30.3 Å². The van der Waals surface area contributed by atoms with E-state index >= 15 is 0 Å². The van der Waals surface area contributed by atoms with Crippen molar-refractivity contribution in [2.24, 2.45) is 0 Å². The number of aromatic nitrogens is 6. The lowest BCUT2D eigenvalue weighted by atomic mass is 10.3. The second-order valence-electron chi connectivity index (χ2n) is 8.71. The number of carboxylic acid groups (broad SMARTS) is 1. The number of alkyl halides is 3. The maximum Gasteiger partial charge on any atom is 0.490 e. The van der Waals surface area contributed by atoms with Crippen LogP contribution < -0.4 is 10.2 Å². The number of nitrogens with one attached hydrogen (secondary N) is 2. The van der Waals surface area contributed by atoms with Crippen molar-refractivity contribution in [3.63, 3.8) is 0 Å². The van der Waals surface area contributed by atoms with Gasteiger partial charge in [0.2, 0.25) is 5.95 Å². The summed E-state index contributed by atoms with van der Waals surface area (Å²) in [5.41, 5.74) is 2.59. The molecular formula is C25H21F5N8O3. The van der Waals surface area contributed by atoms with E-state index in [1.54, 1.807) is 35.2 Å². The highest BCUT2D eigenvalue weighted by Crippen LogP contribution is 2.26. The van der Waals surface area contributed by atoms with Crippen molar-refractivity contribution >= 4 is 39.9 Å². The molecule has 0 aliphatic carbocycles. The van der Waals surface area contributed by atoms with Crippen LogP contribution in [0.15, 0.2) is 48.8 Å². The minimum absolute atomic E-state index is 0.273. The van der Waals surface area contributed by atoms with Crippen LogP contribution in [0.1, 0.15) is 5.82 Å². The van der Waals surface area contributed by atoms with Gasteiger partial charge < -0.3 is 25.0 Å². The summed E-state index contributed by atoms with van der Waals surface area (Å²) >= 11 is 0. The first-order chi connectivity index (χ1) is 19.6. The fourth-order valence-corrected chi connectivity index (χ4v) is 4.03. The highest BCUT2D eigenvalue weighted by atomic mass is 19.4. The Bertz CT molecular complexity index is 1700. The third kappa shape index (κ3) is 6.16. The minimum atomic E-state index is -5.08. The summed E-state index contributed by atoms with van der Waals surface area (Å²) in [5.74, 6) is -1.91. The van der Waals surface area contributed by atoms with Gasteiger partial charge in [0.1, 0.15) is 23.5 Å². The van der Waals surface area contributed by atoms with Gasteiger partial charge >= 0.3 is 12.1 Å². The Labute approximate surface area is 227 Å². The van der Waals surface area contributed by atoms with E-state index in [4.69, 9.17) is 24.6 Å². The summed E-state index contributed by atoms with van der Waals surface area (Å²) in [5, 5.41) is 10.4. The van der Waals surface area contributed by atoms with E-state index in [0.29, 0.717) is 66.3 Å². The van der Waals surface area contributed by atoms with Crippen LogP contribution in [-0.2, 0) is 16.1 Å². The van der Waals surface area contributed by atoms with E-state index in [-0.39, 0.29) is 23.7 Å². The SMILES string of the molecule is Fc1cccc(-n2cnc3c(NCc4nc5c(F)cccc5[nH]4)nc(N4CCOCC4)nc32)c1.O=C(O)C(F)(F)F. The number of rotatable bonds is 5. The number of carbonyl (C=O) groups is 1. The van der Waals surface area contributed by atoms with Crippen molar-refractivity contribution in [1.82, 2.24) is 29.5 Å². The second-order valence-corrected chi connectivity index (χ2v) is 8.71. The molecule has 5 aromatic rings. The highest BCUT2D eigenvalue weighted by Gasteiger charge is 2.38. The fraction of sp³-hybridized carbons (Fsp3) is 0.240. The van der Waals surface area contributed by atoms with Crippen LogP contribution >= 0.6 is 0 Å². The number of aromatic amines is 1. The zero-order valence-corrected chi connectivity index (χ0v) is 21.0. The Morgan fingerprint density at radius 1 is 1.05 bits per heavy atom. The van der Waals surface area contributed by atoms with Crippen LogP contribution in [0.25, 0.3) is 27.9 Å². The molecular weight excluding hydrogens is 555 g/mol. The van der Waals surface area contributed by atoms with Gasteiger partial charge in [-0.3, -0.25) is 4.57 Å². The Balaban J connectivity index is 0.000000431. The molecule has 0 spiro atoms. The van der Waals surface area contributed by atoms with Gasteiger partial charge in [0.15, 0.2) is 22.8 Å². The maximum atomic E-state index is 14.0. The minimum Gasteiger partial charge on any atom is -0.475 e. The van der Waals surface area contributed by atoms with E-state index in [0.717, 1.165) is 0 Å². The Morgan fingerprint density at radius 2 is 1.78 bits per heavy atom. The molecule has 6 rings (SSSR count). The molecule has 3 N–H and O–H groups in total. The summed E-state index contributed by atoms with van der Waals surface area (Å²) in [6.45, 7) is 2.75. The topological polar surface area (TPSA) is 134 Å². The quantitative estimate of drug-likeness (QED) is 0.265. The molecule has 1 fully saturated rings. The van der Waals surface area contributed by atoms with E-state index in [2.05, 4.69) is 20.3 Å². The number of hydrogen-bond acceptors (Lipinski definition) is 8. The molecule has 41 heavy (non-hydrogen) atoms. The van der Waals surface area contributed by atoms with E-state index in [1.807, 2.05) is 4.90 Å². The molecule has 0 saturated carbocycles. The number of imidazole rings is 2. The van der Waals surface area contributed by atoms with Gasteiger partial charge in [-0.1, -0.05) is 12.1 Å². The normalized spacial score (nSPS) is 13.7. The van der Waals surface area contributed by atoms with Crippen LogP contribution in [0.4, 0.5) is 33.7 Å². The second kappa shape index (κ2) is 11.3. The maximum absolute atomic E-state index is 14.0. The fourth-order valence-electron chi connectivity index (χ4n) is 4.03. The van der Waals surface area contributed by atoms with Gasteiger partial charge in [0.05, 0.1) is 31.0 Å². The van der Waals surface area contributed by atoms with Crippen LogP contribution in [0.5, 0.6) is 0 Å². The molecule has 0 amide bonds. The molecule has 16 heteroatoms. The molecule has 1 saturated heterocycles. The summed E-state index contributed by atoms with van der Waals surface area (Å²) < 4.78 is 66.9. The summed E-state index contributed by atoms with van der Waals surface area (Å²) in [7, 11) is 0. The number of nitrogens with zero attached hydrogens (tertiary/aromatic N) is 6. The third-order valence-electron chi connectivity index (χ3n) is 5.94. The third-order valence-corrected chi connectivity index (χ3v) is 5.94. The number of morpholine rings is 1. The van der Waals surface area contributed by atoms with Crippen molar-refractivity contribution in [3.8, 4) is 5.69 Å². The van der Waals surface area contributed by atoms with Gasteiger partial charge in [-0.15, -0.1) is 0 Å². The number of carboxylic acids is 1. The first kappa shape index (κ1) is 27.7. The lowest BCUT2D eigenvalue weighted by molar-refractivity contribution is -0.192. The summed E-state index contributed by atoms with van der Waals surface area (Å²) in [6.07, 6.45) is -3.49. The zero-order valence-electron chi connectivity index (χ0n) is 21.0. The van der Waals surface area contributed by atoms with Crippen LogP contribution in [0, 0.1) is 11.6 Å². The van der Waals surface area contributed by atoms with Crippen LogP contribution in [0.3, 0.4) is 0 Å². The summed E-state index contributed by atoms with van der Waals surface area (Å²) in [4.78, 5) is 32.4. The molecule has 0 atom stereocenters. The zero-order chi connectivity index (χ0) is 29.1. The largest absolute Gasteiger partial charge is 0.490 e. The van der Waals surface area contributed by atoms with Crippen molar-refractivity contribution in [1.29, 1.82) is 0 Å². The predicted octanol–water partition coefficient (Wildman–Crippen LogP) is 4.05. The van der Waals surface area contributed by atoms with Crippen molar-refractivity contribution in [3.05, 3.63) is 66.3 Å². The Hall–Kier alpha value is -4.86. The number of fused-ring (bicyclic) bond motifs is 2. The van der Waals surface area contributed by atoms with Crippen molar-refractivity contribution < 1.29 is 36.6 Å². The number of hydrogen-bond donors (Lipinski definition) is 3. The molecule has 214 valence electrons. The first-order valence-corrected chi connectivity index (χ1v) is 12.1. The number of benzene rings is 2. The average molecular weight is 576 g/mol. The number of anilines is 2. The predicted molar refractivity (Wildman–Crippen MR) is 137 cm³/mol. The standard InChI is InChI=1S/C23H20F2N8O.C2HF3O2/c24-14-3-1-4-15(11-14)33-13-27-20-21(30-23(31-22(20)33)32-7-9-34-10-8-32)26-12-18-28-17-6-2-5-16(25)19(17)29-18;3-2(4,5)1(6)7/h1-6,11,13H,7-10,12H2,(H,28,29)(H,26,30,31);(H,6,7). The van der Waals surface area contributed by atoms with Crippen LogP contribution in [0.2, 0.25) is 0 Å².